The van der Waals surface area contributed by atoms with Gasteiger partial charge in [0.1, 0.15) is 6.33 Å². The van der Waals surface area contributed by atoms with E-state index in [1.54, 1.807) is 31.3 Å². The summed E-state index contributed by atoms with van der Waals surface area (Å²) in [6.45, 7) is 2.39. The second-order valence-corrected chi connectivity index (χ2v) is 6.51. The molecule has 0 spiro atoms. The fraction of sp³-hybridized carbons (Fsp3) is 0.444. The molecule has 0 aliphatic carbocycles. The SMILES string of the molecule is Cn1cnc(C(=O)Nc2ccc(NC(=O)CN3CCCCCC3)cc2)n1. The molecule has 8 nitrogen and oxygen atoms in total. The quantitative estimate of drug-likeness (QED) is 0.853. The molecule has 0 bridgehead atoms. The Hall–Kier alpha value is -2.74. The Morgan fingerprint density at radius 3 is 2.19 bits per heavy atom. The molecule has 138 valence electrons. The molecule has 0 atom stereocenters. The lowest BCUT2D eigenvalue weighted by atomic mass is 10.2. The van der Waals surface area contributed by atoms with E-state index in [1.807, 2.05) is 0 Å². The average Bonchev–Trinajstić information content (AvgIpc) is 2.90. The van der Waals surface area contributed by atoms with Gasteiger partial charge in [-0.25, -0.2) is 4.98 Å². The summed E-state index contributed by atoms with van der Waals surface area (Å²) in [5.74, 6) is -0.271. The van der Waals surface area contributed by atoms with Crippen molar-refractivity contribution in [3.8, 4) is 0 Å². The number of rotatable bonds is 5. The maximum Gasteiger partial charge on any atom is 0.295 e. The number of benzene rings is 1. The molecule has 0 saturated carbocycles. The Balaban J connectivity index is 1.50. The maximum absolute atomic E-state index is 12.2. The first-order valence-electron chi connectivity index (χ1n) is 8.89. The summed E-state index contributed by atoms with van der Waals surface area (Å²) in [7, 11) is 1.70. The minimum atomic E-state index is -0.372. The number of anilines is 2. The van der Waals surface area contributed by atoms with E-state index in [-0.39, 0.29) is 17.6 Å². The lowest BCUT2D eigenvalue weighted by Gasteiger charge is -2.19. The van der Waals surface area contributed by atoms with Crippen LogP contribution in [0.5, 0.6) is 0 Å². The summed E-state index contributed by atoms with van der Waals surface area (Å²) >= 11 is 0. The first kappa shape index (κ1) is 18.1. The highest BCUT2D eigenvalue weighted by molar-refractivity contribution is 6.01. The number of carbonyl (C=O) groups excluding carboxylic acids is 2. The molecule has 1 aromatic carbocycles. The molecule has 1 saturated heterocycles. The van der Waals surface area contributed by atoms with Gasteiger partial charge >= 0.3 is 0 Å². The van der Waals surface area contributed by atoms with Crippen LogP contribution < -0.4 is 10.6 Å². The van der Waals surface area contributed by atoms with E-state index in [0.717, 1.165) is 25.9 Å². The molecule has 1 fully saturated rings. The lowest BCUT2D eigenvalue weighted by Crippen LogP contribution is -2.33. The summed E-state index contributed by atoms with van der Waals surface area (Å²) in [5.41, 5.74) is 1.33. The highest BCUT2D eigenvalue weighted by Crippen LogP contribution is 2.15. The number of carbonyl (C=O) groups is 2. The van der Waals surface area contributed by atoms with Crippen molar-refractivity contribution in [2.24, 2.45) is 7.05 Å². The van der Waals surface area contributed by atoms with Crippen LogP contribution in [0.1, 0.15) is 36.3 Å². The van der Waals surface area contributed by atoms with Gasteiger partial charge in [-0.15, -0.1) is 5.10 Å². The Labute approximate surface area is 152 Å². The number of aromatic nitrogens is 3. The largest absolute Gasteiger partial charge is 0.325 e. The molecule has 2 heterocycles. The zero-order valence-corrected chi connectivity index (χ0v) is 14.9. The van der Waals surface area contributed by atoms with Crippen LogP contribution in [-0.2, 0) is 11.8 Å². The number of nitrogens with zero attached hydrogens (tertiary/aromatic N) is 4. The molecule has 2 N–H and O–H groups in total. The second-order valence-electron chi connectivity index (χ2n) is 6.51. The van der Waals surface area contributed by atoms with Crippen molar-refractivity contribution in [3.63, 3.8) is 0 Å². The van der Waals surface area contributed by atoms with Crippen LogP contribution in [0.3, 0.4) is 0 Å². The number of likely N-dealkylation sites (tertiary alicyclic amines) is 1. The minimum absolute atomic E-state index is 0.0126. The van der Waals surface area contributed by atoms with Crippen molar-refractivity contribution < 1.29 is 9.59 Å². The van der Waals surface area contributed by atoms with Crippen molar-refractivity contribution in [1.82, 2.24) is 19.7 Å². The van der Waals surface area contributed by atoms with E-state index in [2.05, 4.69) is 25.6 Å². The molecule has 2 amide bonds. The molecule has 1 aliphatic rings. The van der Waals surface area contributed by atoms with E-state index in [1.165, 1.54) is 23.9 Å². The zero-order valence-electron chi connectivity index (χ0n) is 14.9. The summed E-state index contributed by atoms with van der Waals surface area (Å²) in [6, 6.07) is 7.01. The highest BCUT2D eigenvalue weighted by atomic mass is 16.2. The van der Waals surface area contributed by atoms with Crippen molar-refractivity contribution in [2.75, 3.05) is 30.3 Å². The van der Waals surface area contributed by atoms with E-state index in [0.29, 0.717) is 17.9 Å². The third-order valence-corrected chi connectivity index (χ3v) is 4.30. The number of nitrogens with one attached hydrogen (secondary N) is 2. The molecule has 0 unspecified atom stereocenters. The first-order valence-corrected chi connectivity index (χ1v) is 8.89. The van der Waals surface area contributed by atoms with Crippen LogP contribution in [0.2, 0.25) is 0 Å². The van der Waals surface area contributed by atoms with E-state index in [4.69, 9.17) is 0 Å². The fourth-order valence-electron chi connectivity index (χ4n) is 2.97. The summed E-state index contributed by atoms with van der Waals surface area (Å²) in [4.78, 5) is 30.3. The molecular weight excluding hydrogens is 332 g/mol. The second kappa shape index (κ2) is 8.57. The van der Waals surface area contributed by atoms with Gasteiger partial charge in [0.2, 0.25) is 11.7 Å². The molecule has 26 heavy (non-hydrogen) atoms. The molecule has 0 radical (unpaired) electrons. The van der Waals surface area contributed by atoms with Crippen molar-refractivity contribution in [1.29, 1.82) is 0 Å². The van der Waals surface area contributed by atoms with Gasteiger partial charge in [-0.1, -0.05) is 12.8 Å². The van der Waals surface area contributed by atoms with Crippen LogP contribution in [0.15, 0.2) is 30.6 Å². The lowest BCUT2D eigenvalue weighted by molar-refractivity contribution is -0.117. The third-order valence-electron chi connectivity index (χ3n) is 4.30. The van der Waals surface area contributed by atoms with Crippen molar-refractivity contribution in [3.05, 3.63) is 36.4 Å². The molecule has 8 heteroatoms. The van der Waals surface area contributed by atoms with E-state index < -0.39 is 0 Å². The van der Waals surface area contributed by atoms with E-state index in [9.17, 15) is 9.59 Å². The summed E-state index contributed by atoms with van der Waals surface area (Å²) in [6.07, 6.45) is 6.29. The number of aryl methyl sites for hydroxylation is 1. The van der Waals surface area contributed by atoms with Gasteiger partial charge in [0, 0.05) is 18.4 Å². The average molecular weight is 356 g/mol. The number of hydrogen-bond acceptors (Lipinski definition) is 5. The molecule has 1 aromatic heterocycles. The van der Waals surface area contributed by atoms with Crippen LogP contribution in [0.25, 0.3) is 0 Å². The van der Waals surface area contributed by atoms with Crippen molar-refractivity contribution in [2.45, 2.75) is 25.7 Å². The van der Waals surface area contributed by atoms with Crippen molar-refractivity contribution >= 4 is 23.2 Å². The van der Waals surface area contributed by atoms with Gasteiger partial charge in [-0.05, 0) is 50.2 Å². The number of amides is 2. The van der Waals surface area contributed by atoms with Crippen LogP contribution in [0, 0.1) is 0 Å². The highest BCUT2D eigenvalue weighted by Gasteiger charge is 2.14. The monoisotopic (exact) mass is 356 g/mol. The van der Waals surface area contributed by atoms with Crippen LogP contribution >= 0.6 is 0 Å². The molecular formula is C18H24N6O2. The Morgan fingerprint density at radius 2 is 1.62 bits per heavy atom. The normalized spacial score (nSPS) is 15.3. The van der Waals surface area contributed by atoms with Gasteiger partial charge < -0.3 is 10.6 Å². The standard InChI is InChI=1S/C18H24N6O2/c1-23-13-19-17(22-23)18(26)21-15-8-6-14(7-9-15)20-16(25)12-24-10-4-2-3-5-11-24/h6-9,13H,2-5,10-12H2,1H3,(H,20,25)(H,21,26). The van der Waals surface area contributed by atoms with Gasteiger partial charge in [0.05, 0.1) is 6.54 Å². The van der Waals surface area contributed by atoms with Crippen LogP contribution in [0.4, 0.5) is 11.4 Å². The van der Waals surface area contributed by atoms with E-state index >= 15 is 0 Å². The minimum Gasteiger partial charge on any atom is -0.325 e. The van der Waals surface area contributed by atoms with Gasteiger partial charge in [0.15, 0.2) is 0 Å². The predicted octanol–water partition coefficient (Wildman–Crippen LogP) is 1.88. The smallest absolute Gasteiger partial charge is 0.295 e. The first-order chi connectivity index (χ1) is 12.6. The Kier molecular flexibility index (Phi) is 5.96. The molecule has 3 rings (SSSR count). The fourth-order valence-corrected chi connectivity index (χ4v) is 2.97. The van der Waals surface area contributed by atoms with Gasteiger partial charge in [-0.2, -0.15) is 0 Å². The predicted molar refractivity (Wildman–Crippen MR) is 98.9 cm³/mol. The topological polar surface area (TPSA) is 92.2 Å². The van der Waals surface area contributed by atoms with Gasteiger partial charge in [-0.3, -0.25) is 19.2 Å². The zero-order chi connectivity index (χ0) is 18.4. The number of hydrogen-bond donors (Lipinski definition) is 2. The Bertz CT molecular complexity index is 747. The summed E-state index contributed by atoms with van der Waals surface area (Å²) in [5, 5.41) is 9.59. The maximum atomic E-state index is 12.2. The summed E-state index contributed by atoms with van der Waals surface area (Å²) < 4.78 is 1.47. The van der Waals surface area contributed by atoms with Crippen LogP contribution in [-0.4, -0.2) is 51.1 Å². The Morgan fingerprint density at radius 1 is 1.00 bits per heavy atom. The molecule has 2 aromatic rings. The molecule has 1 aliphatic heterocycles. The van der Waals surface area contributed by atoms with Gasteiger partial charge in [0.25, 0.3) is 5.91 Å². The third kappa shape index (κ3) is 5.13.